The fourth-order valence-electron chi connectivity index (χ4n) is 2.52. The number of rotatable bonds is 7. The van der Waals surface area contributed by atoms with Gasteiger partial charge in [0.15, 0.2) is 5.96 Å². The molecule has 0 bridgehead atoms. The first-order valence-electron chi connectivity index (χ1n) is 8.06. The lowest BCUT2D eigenvalue weighted by atomic mass is 10.2. The van der Waals surface area contributed by atoms with Crippen molar-refractivity contribution in [2.75, 3.05) is 19.6 Å². The molecule has 0 aromatic carbocycles. The largest absolute Gasteiger partial charge is 0.357 e. The molecule has 0 unspecified atom stereocenters. The number of hydrogen-bond donors (Lipinski definition) is 2. The monoisotopic (exact) mass is 306 g/mol. The molecule has 0 radical (unpaired) electrons. The highest BCUT2D eigenvalue weighted by Crippen LogP contribution is 2.09. The molecular formula is C15H26N6O. The standard InChI is InChI=1S/C15H26N6O/c1-3-9-17-14(16-4-2)18-10-7-12-21-15(22)20-11-6-5-8-13(20)19-21/h3H,1,4-12H2,2H3,(H2,16,17,18). The number of aryl methyl sites for hydroxylation is 2. The second kappa shape index (κ2) is 8.41. The minimum atomic E-state index is 0.0235. The van der Waals surface area contributed by atoms with E-state index in [2.05, 4.69) is 27.3 Å². The highest BCUT2D eigenvalue weighted by Gasteiger charge is 2.15. The van der Waals surface area contributed by atoms with E-state index in [1.165, 1.54) is 0 Å². The zero-order chi connectivity index (χ0) is 15.8. The topological polar surface area (TPSA) is 76.2 Å². The second-order valence-electron chi connectivity index (χ2n) is 5.31. The van der Waals surface area contributed by atoms with Gasteiger partial charge in [0, 0.05) is 39.1 Å². The molecule has 2 heterocycles. The molecule has 0 atom stereocenters. The number of fused-ring (bicyclic) bond motifs is 1. The van der Waals surface area contributed by atoms with Gasteiger partial charge in [0.05, 0.1) is 0 Å². The summed E-state index contributed by atoms with van der Waals surface area (Å²) in [5.74, 6) is 1.71. The summed E-state index contributed by atoms with van der Waals surface area (Å²) in [6, 6.07) is 0. The number of aliphatic imine (C=N–C) groups is 1. The third kappa shape index (κ3) is 4.22. The van der Waals surface area contributed by atoms with Crippen molar-refractivity contribution in [2.24, 2.45) is 4.99 Å². The highest BCUT2D eigenvalue weighted by atomic mass is 16.2. The third-order valence-electron chi connectivity index (χ3n) is 3.59. The molecule has 0 fully saturated rings. The molecule has 0 aliphatic carbocycles. The van der Waals surface area contributed by atoms with Gasteiger partial charge in [0.2, 0.25) is 0 Å². The van der Waals surface area contributed by atoms with E-state index in [9.17, 15) is 4.79 Å². The van der Waals surface area contributed by atoms with Gasteiger partial charge in [0.25, 0.3) is 0 Å². The van der Waals surface area contributed by atoms with Crippen molar-refractivity contribution in [1.82, 2.24) is 25.0 Å². The van der Waals surface area contributed by atoms with Crippen LogP contribution in [0.3, 0.4) is 0 Å². The molecular weight excluding hydrogens is 280 g/mol. The van der Waals surface area contributed by atoms with Crippen LogP contribution in [0, 0.1) is 0 Å². The van der Waals surface area contributed by atoms with Crippen LogP contribution in [0.1, 0.15) is 32.0 Å². The predicted molar refractivity (Wildman–Crippen MR) is 88.2 cm³/mol. The van der Waals surface area contributed by atoms with E-state index < -0.39 is 0 Å². The molecule has 0 amide bonds. The van der Waals surface area contributed by atoms with Crippen LogP contribution in [-0.4, -0.2) is 39.9 Å². The van der Waals surface area contributed by atoms with E-state index in [4.69, 9.17) is 0 Å². The van der Waals surface area contributed by atoms with Crippen molar-refractivity contribution < 1.29 is 0 Å². The smallest absolute Gasteiger partial charge is 0.345 e. The maximum Gasteiger partial charge on any atom is 0.345 e. The Morgan fingerprint density at radius 1 is 1.45 bits per heavy atom. The van der Waals surface area contributed by atoms with Crippen molar-refractivity contribution in [3.8, 4) is 0 Å². The zero-order valence-electron chi connectivity index (χ0n) is 13.3. The van der Waals surface area contributed by atoms with Crippen LogP contribution in [0.15, 0.2) is 22.4 Å². The van der Waals surface area contributed by atoms with Crippen LogP contribution in [0.5, 0.6) is 0 Å². The number of nitrogens with zero attached hydrogens (tertiary/aromatic N) is 4. The van der Waals surface area contributed by atoms with Crippen LogP contribution in [-0.2, 0) is 19.5 Å². The van der Waals surface area contributed by atoms with Gasteiger partial charge in [-0.25, -0.2) is 9.48 Å². The summed E-state index contributed by atoms with van der Waals surface area (Å²) < 4.78 is 3.39. The summed E-state index contributed by atoms with van der Waals surface area (Å²) in [5, 5.41) is 10.7. The third-order valence-corrected chi connectivity index (χ3v) is 3.59. The molecule has 1 aromatic rings. The van der Waals surface area contributed by atoms with Gasteiger partial charge in [-0.3, -0.25) is 9.56 Å². The Bertz CT molecular complexity index is 571. The van der Waals surface area contributed by atoms with E-state index >= 15 is 0 Å². The fourth-order valence-corrected chi connectivity index (χ4v) is 2.52. The van der Waals surface area contributed by atoms with E-state index in [0.717, 1.165) is 50.6 Å². The Kier molecular flexibility index (Phi) is 6.24. The van der Waals surface area contributed by atoms with E-state index in [0.29, 0.717) is 19.6 Å². The lowest BCUT2D eigenvalue weighted by Gasteiger charge is -2.09. The van der Waals surface area contributed by atoms with Gasteiger partial charge in [-0.05, 0) is 26.2 Å². The minimum Gasteiger partial charge on any atom is -0.357 e. The van der Waals surface area contributed by atoms with Gasteiger partial charge in [-0.1, -0.05) is 6.08 Å². The average Bonchev–Trinajstić information content (AvgIpc) is 2.86. The molecule has 1 aromatic heterocycles. The maximum atomic E-state index is 12.2. The Labute approximate surface area is 131 Å². The van der Waals surface area contributed by atoms with Gasteiger partial charge in [-0.15, -0.1) is 6.58 Å². The molecule has 2 rings (SSSR count). The number of hydrogen-bond acceptors (Lipinski definition) is 3. The van der Waals surface area contributed by atoms with Crippen molar-refractivity contribution in [3.63, 3.8) is 0 Å². The first-order valence-corrected chi connectivity index (χ1v) is 8.06. The van der Waals surface area contributed by atoms with E-state index in [1.54, 1.807) is 10.8 Å². The van der Waals surface area contributed by atoms with E-state index in [1.807, 2.05) is 11.5 Å². The lowest BCUT2D eigenvalue weighted by molar-refractivity contribution is 0.509. The van der Waals surface area contributed by atoms with Crippen LogP contribution < -0.4 is 16.3 Å². The van der Waals surface area contributed by atoms with Gasteiger partial charge in [-0.2, -0.15) is 5.10 Å². The van der Waals surface area contributed by atoms with Gasteiger partial charge in [0.1, 0.15) is 5.82 Å². The Hall–Kier alpha value is -2.05. The SMILES string of the molecule is C=CCNC(=NCCCn1nc2n(c1=O)CCCC2)NCC. The lowest BCUT2D eigenvalue weighted by Crippen LogP contribution is -2.37. The maximum absolute atomic E-state index is 12.2. The Morgan fingerprint density at radius 3 is 3.05 bits per heavy atom. The first kappa shape index (κ1) is 16.3. The normalized spacial score (nSPS) is 14.5. The minimum absolute atomic E-state index is 0.0235. The van der Waals surface area contributed by atoms with Crippen molar-refractivity contribution in [1.29, 1.82) is 0 Å². The van der Waals surface area contributed by atoms with Crippen LogP contribution in [0.25, 0.3) is 0 Å². The molecule has 22 heavy (non-hydrogen) atoms. The quantitative estimate of drug-likeness (QED) is 0.333. The fraction of sp³-hybridized carbons (Fsp3) is 0.667. The van der Waals surface area contributed by atoms with Crippen LogP contribution in [0.4, 0.5) is 0 Å². The first-order chi connectivity index (χ1) is 10.8. The highest BCUT2D eigenvalue weighted by molar-refractivity contribution is 5.79. The molecule has 0 saturated heterocycles. The predicted octanol–water partition coefficient (Wildman–Crippen LogP) is 0.512. The summed E-state index contributed by atoms with van der Waals surface area (Å²) in [6.45, 7) is 9.28. The summed E-state index contributed by atoms with van der Waals surface area (Å²) in [7, 11) is 0. The number of guanidine groups is 1. The van der Waals surface area contributed by atoms with Crippen molar-refractivity contribution in [3.05, 3.63) is 29.0 Å². The summed E-state index contributed by atoms with van der Waals surface area (Å²) in [5.41, 5.74) is 0.0235. The summed E-state index contributed by atoms with van der Waals surface area (Å²) in [6.07, 6.45) is 5.70. The molecule has 2 N–H and O–H groups in total. The van der Waals surface area contributed by atoms with Gasteiger partial charge >= 0.3 is 5.69 Å². The molecule has 1 aliphatic rings. The van der Waals surface area contributed by atoms with Crippen molar-refractivity contribution in [2.45, 2.75) is 45.7 Å². The van der Waals surface area contributed by atoms with Crippen LogP contribution >= 0.6 is 0 Å². The second-order valence-corrected chi connectivity index (χ2v) is 5.31. The molecule has 7 nitrogen and oxygen atoms in total. The van der Waals surface area contributed by atoms with Crippen molar-refractivity contribution >= 4 is 5.96 Å². The molecule has 0 spiro atoms. The Morgan fingerprint density at radius 2 is 2.32 bits per heavy atom. The number of nitrogens with one attached hydrogen (secondary N) is 2. The van der Waals surface area contributed by atoms with E-state index in [-0.39, 0.29) is 5.69 Å². The average molecular weight is 306 g/mol. The Balaban J connectivity index is 1.86. The van der Waals surface area contributed by atoms with Gasteiger partial charge < -0.3 is 10.6 Å². The number of aromatic nitrogens is 3. The summed E-state index contributed by atoms with van der Waals surface area (Å²) >= 11 is 0. The molecule has 1 aliphatic heterocycles. The zero-order valence-corrected chi connectivity index (χ0v) is 13.3. The van der Waals surface area contributed by atoms with Crippen LogP contribution in [0.2, 0.25) is 0 Å². The molecule has 0 saturated carbocycles. The molecule has 7 heteroatoms. The summed E-state index contributed by atoms with van der Waals surface area (Å²) in [4.78, 5) is 16.7. The molecule has 122 valence electrons.